The number of piperazine rings is 1. The molecular formula is C26H24FN5O4S. The van der Waals surface area contributed by atoms with Crippen LogP contribution >= 0.6 is 12.2 Å². The van der Waals surface area contributed by atoms with Crippen molar-refractivity contribution < 1.29 is 18.8 Å². The quantitative estimate of drug-likeness (QED) is 0.377. The number of nitrogens with one attached hydrogen (secondary N) is 1. The Morgan fingerprint density at radius 3 is 2.59 bits per heavy atom. The third-order valence-corrected chi connectivity index (χ3v) is 6.85. The zero-order chi connectivity index (χ0) is 26.1. The molecular weight excluding hydrogens is 497 g/mol. The van der Waals surface area contributed by atoms with Crippen molar-refractivity contribution in [2.24, 2.45) is 0 Å². The molecule has 1 aliphatic rings. The van der Waals surface area contributed by atoms with Gasteiger partial charge in [0, 0.05) is 49.9 Å². The smallest absolute Gasteiger partial charge is 0.341 e. The molecule has 3 heterocycles. The number of carbonyl (C=O) groups is 1. The number of aryl methyl sites for hydroxylation is 1. The van der Waals surface area contributed by atoms with Crippen LogP contribution in [0, 0.1) is 5.82 Å². The molecule has 1 aliphatic heterocycles. The highest BCUT2D eigenvalue weighted by Crippen LogP contribution is 2.28. The van der Waals surface area contributed by atoms with Crippen molar-refractivity contribution >= 4 is 45.6 Å². The van der Waals surface area contributed by atoms with Crippen LogP contribution in [0.4, 0.5) is 15.8 Å². The number of rotatable bonds is 5. The topological polar surface area (TPSA) is 104 Å². The summed E-state index contributed by atoms with van der Waals surface area (Å²) in [5, 5.41) is 17.2. The zero-order valence-electron chi connectivity index (χ0n) is 20.0. The molecule has 0 unspecified atom stereocenters. The predicted molar refractivity (Wildman–Crippen MR) is 143 cm³/mol. The SMILES string of the molecule is CCn1cc(C(=O)O)c(=O)c2cc(F)c(N3CCN(C(=S)Nc4conc4-c4ccccc4)CC3)cc21. The predicted octanol–water partition coefficient (Wildman–Crippen LogP) is 4.03. The molecule has 4 aromatic rings. The standard InChI is InChI=1S/C26H24FN5O4S/c1-2-30-14-18(25(34)35)24(33)17-12-19(27)22(13-21(17)30)31-8-10-32(11-9-31)26(37)28-20-15-36-29-23(20)16-6-4-3-5-7-16/h3-7,12-15H,2,8-11H2,1H3,(H,28,37)(H,34,35). The number of aromatic carboxylic acids is 1. The lowest BCUT2D eigenvalue weighted by Gasteiger charge is -2.37. The summed E-state index contributed by atoms with van der Waals surface area (Å²) < 4.78 is 22.0. The van der Waals surface area contributed by atoms with Crippen LogP contribution in [-0.2, 0) is 6.54 Å². The minimum absolute atomic E-state index is 0.0509. The first-order valence-electron chi connectivity index (χ1n) is 11.8. The van der Waals surface area contributed by atoms with Crippen LogP contribution in [0.5, 0.6) is 0 Å². The van der Waals surface area contributed by atoms with E-state index in [2.05, 4.69) is 10.5 Å². The van der Waals surface area contributed by atoms with Gasteiger partial charge in [-0.2, -0.15) is 0 Å². The highest BCUT2D eigenvalue weighted by atomic mass is 32.1. The van der Waals surface area contributed by atoms with Crippen molar-refractivity contribution in [2.75, 3.05) is 36.4 Å². The van der Waals surface area contributed by atoms with E-state index in [1.807, 2.05) is 47.1 Å². The summed E-state index contributed by atoms with van der Waals surface area (Å²) in [6.45, 7) is 4.38. The second kappa shape index (κ2) is 10.0. The summed E-state index contributed by atoms with van der Waals surface area (Å²) in [5.41, 5.74) is 2.02. The lowest BCUT2D eigenvalue weighted by atomic mass is 10.1. The lowest BCUT2D eigenvalue weighted by Crippen LogP contribution is -2.50. The molecule has 190 valence electrons. The summed E-state index contributed by atoms with van der Waals surface area (Å²) in [6, 6.07) is 12.4. The van der Waals surface area contributed by atoms with Gasteiger partial charge in [0.2, 0.25) is 5.43 Å². The van der Waals surface area contributed by atoms with Crippen molar-refractivity contribution in [3.63, 3.8) is 0 Å². The van der Waals surface area contributed by atoms with Gasteiger partial charge >= 0.3 is 5.97 Å². The molecule has 5 rings (SSSR count). The molecule has 9 nitrogen and oxygen atoms in total. The van der Waals surface area contributed by atoms with Gasteiger partial charge in [0.25, 0.3) is 0 Å². The van der Waals surface area contributed by atoms with Crippen LogP contribution in [-0.4, -0.2) is 57.0 Å². The van der Waals surface area contributed by atoms with Gasteiger partial charge in [-0.3, -0.25) is 4.79 Å². The van der Waals surface area contributed by atoms with E-state index in [-0.39, 0.29) is 10.9 Å². The van der Waals surface area contributed by atoms with Crippen LogP contribution < -0.4 is 15.6 Å². The van der Waals surface area contributed by atoms with Crippen molar-refractivity contribution in [1.29, 1.82) is 0 Å². The molecule has 0 amide bonds. The number of pyridine rings is 1. The van der Waals surface area contributed by atoms with Gasteiger partial charge in [-0.05, 0) is 31.3 Å². The highest BCUT2D eigenvalue weighted by molar-refractivity contribution is 7.80. The summed E-state index contributed by atoms with van der Waals surface area (Å²) in [5.74, 6) is -1.90. The first-order chi connectivity index (χ1) is 17.9. The molecule has 0 atom stereocenters. The number of fused-ring (bicyclic) bond motifs is 1. The fraction of sp³-hybridized carbons (Fsp3) is 0.231. The Hall–Kier alpha value is -4.25. The normalized spacial score (nSPS) is 13.7. The zero-order valence-corrected chi connectivity index (χ0v) is 20.8. The minimum atomic E-state index is -1.33. The Kier molecular flexibility index (Phi) is 6.62. The summed E-state index contributed by atoms with van der Waals surface area (Å²) >= 11 is 5.62. The van der Waals surface area contributed by atoms with E-state index in [1.54, 1.807) is 10.6 Å². The molecule has 1 fully saturated rings. The number of benzene rings is 2. The van der Waals surface area contributed by atoms with Crippen LogP contribution in [0.3, 0.4) is 0 Å². The Bertz CT molecular complexity index is 1540. The van der Waals surface area contributed by atoms with Gasteiger partial charge in [-0.1, -0.05) is 35.5 Å². The third-order valence-electron chi connectivity index (χ3n) is 6.49. The second-order valence-electron chi connectivity index (χ2n) is 8.63. The molecule has 1 saturated heterocycles. The van der Waals surface area contributed by atoms with E-state index in [9.17, 15) is 14.7 Å². The Morgan fingerprint density at radius 1 is 1.19 bits per heavy atom. The number of nitrogens with zero attached hydrogens (tertiary/aromatic N) is 4. The van der Waals surface area contributed by atoms with E-state index in [4.69, 9.17) is 16.7 Å². The number of carboxylic acid groups (broad SMARTS) is 1. The number of anilines is 2. The van der Waals surface area contributed by atoms with Crippen LogP contribution in [0.25, 0.3) is 22.2 Å². The number of thiocarbonyl (C=S) groups is 1. The van der Waals surface area contributed by atoms with Crippen LogP contribution in [0.1, 0.15) is 17.3 Å². The molecule has 0 aliphatic carbocycles. The first kappa shape index (κ1) is 24.4. The molecule has 0 spiro atoms. The molecule has 2 N–H and O–H groups in total. The largest absolute Gasteiger partial charge is 0.477 e. The van der Waals surface area contributed by atoms with E-state index in [0.717, 1.165) is 11.6 Å². The number of aromatic nitrogens is 2. The fourth-order valence-electron chi connectivity index (χ4n) is 4.53. The van der Waals surface area contributed by atoms with E-state index >= 15 is 4.39 Å². The van der Waals surface area contributed by atoms with Crippen molar-refractivity contribution in [3.05, 3.63) is 76.5 Å². The van der Waals surface area contributed by atoms with Gasteiger partial charge in [0.05, 0.1) is 11.2 Å². The van der Waals surface area contributed by atoms with Gasteiger partial charge in [-0.25, -0.2) is 9.18 Å². The van der Waals surface area contributed by atoms with E-state index < -0.39 is 17.2 Å². The Labute approximate surface area is 216 Å². The van der Waals surface area contributed by atoms with Gasteiger partial charge in [-0.15, -0.1) is 0 Å². The molecule has 11 heteroatoms. The Balaban J connectivity index is 1.33. The van der Waals surface area contributed by atoms with Gasteiger partial charge in [0.15, 0.2) is 5.11 Å². The number of hydrogen-bond acceptors (Lipinski definition) is 6. The molecule has 0 radical (unpaired) electrons. The first-order valence-corrected chi connectivity index (χ1v) is 12.2. The van der Waals surface area contributed by atoms with Crippen molar-refractivity contribution in [3.8, 4) is 11.3 Å². The molecule has 0 saturated carbocycles. The molecule has 2 aromatic carbocycles. The third kappa shape index (κ3) is 4.65. The molecule has 2 aromatic heterocycles. The van der Waals surface area contributed by atoms with Crippen LogP contribution in [0.15, 0.2) is 64.2 Å². The maximum Gasteiger partial charge on any atom is 0.341 e. The molecule has 37 heavy (non-hydrogen) atoms. The van der Waals surface area contributed by atoms with Gasteiger partial charge < -0.3 is 29.3 Å². The second-order valence-corrected chi connectivity index (χ2v) is 9.02. The van der Waals surface area contributed by atoms with Crippen molar-refractivity contribution in [1.82, 2.24) is 14.6 Å². The maximum absolute atomic E-state index is 15.2. The highest BCUT2D eigenvalue weighted by Gasteiger charge is 2.24. The van der Waals surface area contributed by atoms with Crippen LogP contribution in [0.2, 0.25) is 0 Å². The summed E-state index contributed by atoms with van der Waals surface area (Å²) in [7, 11) is 0. The number of hydrogen-bond donors (Lipinski definition) is 2. The van der Waals surface area contributed by atoms with E-state index in [1.165, 1.54) is 12.5 Å². The van der Waals surface area contributed by atoms with Gasteiger partial charge in [0.1, 0.15) is 29.0 Å². The fourth-order valence-corrected chi connectivity index (χ4v) is 4.82. The number of halogens is 1. The Morgan fingerprint density at radius 2 is 1.92 bits per heavy atom. The minimum Gasteiger partial charge on any atom is -0.477 e. The lowest BCUT2D eigenvalue weighted by molar-refractivity contribution is 0.0695. The molecule has 0 bridgehead atoms. The monoisotopic (exact) mass is 521 g/mol. The van der Waals surface area contributed by atoms with E-state index in [0.29, 0.717) is 60.4 Å². The average Bonchev–Trinajstić information content (AvgIpc) is 3.37. The maximum atomic E-state index is 15.2. The number of carboxylic acids is 1. The average molecular weight is 522 g/mol. The van der Waals surface area contributed by atoms with Crippen molar-refractivity contribution in [2.45, 2.75) is 13.5 Å². The summed E-state index contributed by atoms with van der Waals surface area (Å²) in [6.07, 6.45) is 2.82. The summed E-state index contributed by atoms with van der Waals surface area (Å²) in [4.78, 5) is 28.0.